The van der Waals surface area contributed by atoms with Crippen molar-refractivity contribution in [1.29, 1.82) is 0 Å². The number of Topliss-reactive ketones (excluding diaryl/α,β-unsaturated/α-hetero) is 1. The third-order valence-electron chi connectivity index (χ3n) is 5.03. The van der Waals surface area contributed by atoms with Crippen LogP contribution in [0.5, 0.6) is 0 Å². The Morgan fingerprint density at radius 2 is 1.87 bits per heavy atom. The molecule has 1 N–H and O–H groups in total. The zero-order valence-electron chi connectivity index (χ0n) is 19.0. The monoisotopic (exact) mass is 489 g/mol. The molecule has 0 amide bonds. The third-order valence-corrected chi connectivity index (χ3v) is 5.61. The summed E-state index contributed by atoms with van der Waals surface area (Å²) in [5.74, 6) is -1.09. The van der Waals surface area contributed by atoms with E-state index in [4.69, 9.17) is 4.74 Å². The Bertz CT molecular complexity index is 944. The molecule has 0 spiro atoms. The van der Waals surface area contributed by atoms with Crippen molar-refractivity contribution < 1.29 is 14.3 Å². The topological polar surface area (TPSA) is 73.2 Å². The van der Waals surface area contributed by atoms with Gasteiger partial charge in [0, 0.05) is 12.2 Å². The lowest BCUT2D eigenvalue weighted by molar-refractivity contribution is -0.138. The highest BCUT2D eigenvalue weighted by atomic mass is 79.9. The fourth-order valence-electron chi connectivity index (χ4n) is 3.55. The van der Waals surface area contributed by atoms with Gasteiger partial charge in [-0.05, 0) is 61.2 Å². The molecule has 2 rings (SSSR count). The van der Waals surface area contributed by atoms with Crippen molar-refractivity contribution in [2.24, 2.45) is 0 Å². The van der Waals surface area contributed by atoms with Crippen molar-refractivity contribution in [3.63, 3.8) is 0 Å². The molecule has 168 valence electrons. The average Bonchev–Trinajstić information content (AvgIpc) is 3.09. The number of carbonyl (C=O) groups excluding carboxylic acids is 2. The second kappa shape index (κ2) is 11.8. The van der Waals surface area contributed by atoms with Gasteiger partial charge in [-0.2, -0.15) is 0 Å². The molecule has 1 heterocycles. The number of aromatic nitrogens is 2. The molecule has 0 atom stereocenters. The van der Waals surface area contributed by atoms with E-state index in [1.807, 2.05) is 32.0 Å². The highest BCUT2D eigenvalue weighted by Gasteiger charge is 2.28. The van der Waals surface area contributed by atoms with Crippen LogP contribution in [0.2, 0.25) is 0 Å². The van der Waals surface area contributed by atoms with Crippen LogP contribution in [0.15, 0.2) is 40.9 Å². The number of ketones is 1. The number of hydrogen-bond donors (Lipinski definition) is 1. The van der Waals surface area contributed by atoms with E-state index in [9.17, 15) is 9.59 Å². The molecule has 0 bridgehead atoms. The molecule has 0 fully saturated rings. The minimum atomic E-state index is -0.646. The highest BCUT2D eigenvalue weighted by molar-refractivity contribution is 9.10. The maximum absolute atomic E-state index is 13.5. The van der Waals surface area contributed by atoms with Crippen LogP contribution in [0.25, 0.3) is 5.69 Å². The van der Waals surface area contributed by atoms with Gasteiger partial charge >= 0.3 is 5.97 Å². The van der Waals surface area contributed by atoms with Gasteiger partial charge in [-0.3, -0.25) is 9.36 Å². The Balaban J connectivity index is 2.49. The molecule has 0 radical (unpaired) electrons. The molecule has 1 aromatic heterocycles. The zero-order valence-corrected chi connectivity index (χ0v) is 20.6. The van der Waals surface area contributed by atoms with Crippen LogP contribution in [0.3, 0.4) is 0 Å². The maximum Gasteiger partial charge on any atom is 0.343 e. The minimum absolute atomic E-state index is 0.0359. The SMILES string of the molecule is CCCC(CCC)NC=C(C(=O)OCC)C(=O)c1c(Br)ncn1-c1ccc(C)cc1C. The summed E-state index contributed by atoms with van der Waals surface area (Å²) < 4.78 is 7.28. The van der Waals surface area contributed by atoms with Gasteiger partial charge < -0.3 is 10.1 Å². The number of ether oxygens (including phenoxy) is 1. The number of aryl methyl sites for hydroxylation is 2. The predicted octanol–water partition coefficient (Wildman–Crippen LogP) is 5.44. The van der Waals surface area contributed by atoms with Gasteiger partial charge in [0.2, 0.25) is 5.78 Å². The van der Waals surface area contributed by atoms with E-state index < -0.39 is 11.8 Å². The molecule has 1 aromatic carbocycles. The van der Waals surface area contributed by atoms with Gasteiger partial charge in [-0.15, -0.1) is 0 Å². The standard InChI is InChI=1S/C24H32BrN3O3/c1-6-9-18(10-7-2)26-14-19(24(30)31-8-3)22(29)21-23(25)27-15-28(21)20-12-11-16(4)13-17(20)5/h11-15,18,26H,6-10H2,1-5H3. The summed E-state index contributed by atoms with van der Waals surface area (Å²) in [5, 5.41) is 3.27. The molecule has 2 aromatic rings. The van der Waals surface area contributed by atoms with Gasteiger partial charge in [0.05, 0.1) is 12.3 Å². The Kier molecular flexibility index (Phi) is 9.49. The smallest absolute Gasteiger partial charge is 0.343 e. The second-order valence-electron chi connectivity index (χ2n) is 7.59. The molecule has 0 unspecified atom stereocenters. The Hall–Kier alpha value is -2.41. The summed E-state index contributed by atoms with van der Waals surface area (Å²) in [5.41, 5.74) is 3.22. The van der Waals surface area contributed by atoms with Gasteiger partial charge in [0.15, 0.2) is 0 Å². The lowest BCUT2D eigenvalue weighted by atomic mass is 10.1. The summed E-state index contributed by atoms with van der Waals surface area (Å²) in [4.78, 5) is 30.5. The van der Waals surface area contributed by atoms with E-state index in [-0.39, 0.29) is 23.9 Å². The average molecular weight is 490 g/mol. The first-order chi connectivity index (χ1) is 14.8. The van der Waals surface area contributed by atoms with Crippen LogP contribution in [0.4, 0.5) is 0 Å². The van der Waals surface area contributed by atoms with Crippen LogP contribution in [0.1, 0.15) is 68.1 Å². The Morgan fingerprint density at radius 3 is 2.45 bits per heavy atom. The zero-order chi connectivity index (χ0) is 23.0. The molecular weight excluding hydrogens is 458 g/mol. The van der Waals surface area contributed by atoms with E-state index >= 15 is 0 Å². The van der Waals surface area contributed by atoms with E-state index in [1.165, 1.54) is 6.20 Å². The number of hydrogen-bond acceptors (Lipinski definition) is 5. The number of imidazole rings is 1. The quantitative estimate of drug-likeness (QED) is 0.149. The first-order valence-corrected chi connectivity index (χ1v) is 11.6. The fourth-order valence-corrected chi connectivity index (χ4v) is 4.01. The number of nitrogens with one attached hydrogen (secondary N) is 1. The van der Waals surface area contributed by atoms with Gasteiger partial charge in [-0.1, -0.05) is 44.4 Å². The molecule has 6 nitrogen and oxygen atoms in total. The maximum atomic E-state index is 13.5. The van der Waals surface area contributed by atoms with E-state index in [1.54, 1.807) is 17.8 Å². The first kappa shape index (κ1) is 24.9. The molecule has 31 heavy (non-hydrogen) atoms. The molecule has 7 heteroatoms. The Morgan fingerprint density at radius 1 is 1.19 bits per heavy atom. The fraction of sp³-hybridized carbons (Fsp3) is 0.458. The third kappa shape index (κ3) is 6.29. The van der Waals surface area contributed by atoms with Crippen LogP contribution in [-0.2, 0) is 9.53 Å². The molecular formula is C24H32BrN3O3. The summed E-state index contributed by atoms with van der Waals surface area (Å²) >= 11 is 3.39. The van der Waals surface area contributed by atoms with Crippen molar-refractivity contribution in [3.05, 3.63) is 57.7 Å². The number of esters is 1. The summed E-state index contributed by atoms with van der Waals surface area (Å²) in [6.45, 7) is 10.1. The van der Waals surface area contributed by atoms with E-state index in [0.717, 1.165) is 42.5 Å². The van der Waals surface area contributed by atoms with Crippen molar-refractivity contribution in [3.8, 4) is 5.69 Å². The summed E-state index contributed by atoms with van der Waals surface area (Å²) in [6, 6.07) is 6.16. The molecule has 0 saturated carbocycles. The summed E-state index contributed by atoms with van der Waals surface area (Å²) in [7, 11) is 0. The van der Waals surface area contributed by atoms with Crippen LogP contribution in [0, 0.1) is 13.8 Å². The van der Waals surface area contributed by atoms with E-state index in [2.05, 4.69) is 40.1 Å². The molecule has 0 aliphatic rings. The summed E-state index contributed by atoms with van der Waals surface area (Å²) in [6.07, 6.45) is 7.04. The molecule has 0 aliphatic heterocycles. The lowest BCUT2D eigenvalue weighted by Crippen LogP contribution is -2.27. The van der Waals surface area contributed by atoms with Crippen molar-refractivity contribution in [2.75, 3.05) is 6.61 Å². The second-order valence-corrected chi connectivity index (χ2v) is 8.34. The van der Waals surface area contributed by atoms with Crippen LogP contribution < -0.4 is 5.32 Å². The largest absolute Gasteiger partial charge is 0.462 e. The van der Waals surface area contributed by atoms with Gasteiger partial charge in [-0.25, -0.2) is 9.78 Å². The van der Waals surface area contributed by atoms with Gasteiger partial charge in [0.1, 0.15) is 22.2 Å². The number of halogens is 1. The first-order valence-electron chi connectivity index (χ1n) is 10.8. The molecule has 0 aliphatic carbocycles. The van der Waals surface area contributed by atoms with Crippen LogP contribution >= 0.6 is 15.9 Å². The van der Waals surface area contributed by atoms with Gasteiger partial charge in [0.25, 0.3) is 0 Å². The van der Waals surface area contributed by atoms with Crippen molar-refractivity contribution in [2.45, 2.75) is 66.3 Å². The lowest BCUT2D eigenvalue weighted by Gasteiger charge is -2.17. The van der Waals surface area contributed by atoms with Crippen molar-refractivity contribution >= 4 is 27.7 Å². The highest BCUT2D eigenvalue weighted by Crippen LogP contribution is 2.25. The number of benzene rings is 1. The number of rotatable bonds is 11. The van der Waals surface area contributed by atoms with E-state index in [0.29, 0.717) is 4.60 Å². The normalized spacial score (nSPS) is 11.6. The Labute approximate surface area is 193 Å². The van der Waals surface area contributed by atoms with Crippen LogP contribution in [-0.4, -0.2) is 34.0 Å². The van der Waals surface area contributed by atoms with Crippen molar-refractivity contribution in [1.82, 2.24) is 14.9 Å². The number of carbonyl (C=O) groups is 2. The minimum Gasteiger partial charge on any atom is -0.462 e. The predicted molar refractivity (Wildman–Crippen MR) is 127 cm³/mol. The number of nitrogens with zero attached hydrogens (tertiary/aromatic N) is 2. The molecule has 0 saturated heterocycles.